The van der Waals surface area contributed by atoms with E-state index in [2.05, 4.69) is 21.2 Å². The van der Waals surface area contributed by atoms with E-state index in [0.717, 1.165) is 27.2 Å². The van der Waals surface area contributed by atoms with Crippen LogP contribution in [0.5, 0.6) is 11.5 Å². The van der Waals surface area contributed by atoms with Gasteiger partial charge in [0.15, 0.2) is 0 Å². The molecule has 20 heavy (non-hydrogen) atoms. The van der Waals surface area contributed by atoms with Crippen molar-refractivity contribution in [3.05, 3.63) is 51.5 Å². The number of anilines is 1. The number of ether oxygens (including phenoxy) is 2. The number of nitrogens with one attached hydrogen (secondary N) is 1. The van der Waals surface area contributed by atoms with Gasteiger partial charge in [-0.05, 0) is 45.8 Å². The first-order chi connectivity index (χ1) is 9.63. The Morgan fingerprint density at radius 3 is 2.55 bits per heavy atom. The first-order valence-electron chi connectivity index (χ1n) is 6.04. The predicted octanol–water partition coefficient (Wildman–Crippen LogP) is 4.73. The first-order valence-corrected chi connectivity index (χ1v) is 7.21. The Labute approximate surface area is 132 Å². The zero-order valence-corrected chi connectivity index (χ0v) is 13.6. The molecule has 0 radical (unpaired) electrons. The van der Waals surface area contributed by atoms with E-state index in [4.69, 9.17) is 21.1 Å². The molecule has 0 fully saturated rings. The van der Waals surface area contributed by atoms with Crippen LogP contribution in [-0.2, 0) is 6.54 Å². The molecular weight excluding hydrogens is 342 g/mol. The third-order valence-electron chi connectivity index (χ3n) is 2.87. The predicted molar refractivity (Wildman–Crippen MR) is 86.0 cm³/mol. The van der Waals surface area contributed by atoms with Crippen LogP contribution in [0.1, 0.15) is 5.56 Å². The van der Waals surface area contributed by atoms with E-state index in [-0.39, 0.29) is 0 Å². The Morgan fingerprint density at radius 1 is 1.10 bits per heavy atom. The summed E-state index contributed by atoms with van der Waals surface area (Å²) >= 11 is 9.40. The number of rotatable bonds is 5. The fraction of sp³-hybridized carbons (Fsp3) is 0.200. The topological polar surface area (TPSA) is 30.5 Å². The van der Waals surface area contributed by atoms with E-state index < -0.39 is 0 Å². The van der Waals surface area contributed by atoms with Gasteiger partial charge in [0, 0.05) is 17.1 Å². The summed E-state index contributed by atoms with van der Waals surface area (Å²) in [7, 11) is 3.29. The molecule has 0 amide bonds. The summed E-state index contributed by atoms with van der Waals surface area (Å²) in [6, 6.07) is 11.5. The van der Waals surface area contributed by atoms with Crippen molar-refractivity contribution in [3.63, 3.8) is 0 Å². The van der Waals surface area contributed by atoms with Crippen LogP contribution in [0.25, 0.3) is 0 Å². The number of halogens is 2. The van der Waals surface area contributed by atoms with Crippen LogP contribution >= 0.6 is 27.5 Å². The number of benzene rings is 2. The molecule has 0 saturated heterocycles. The van der Waals surface area contributed by atoms with E-state index in [1.807, 2.05) is 36.4 Å². The Bertz CT molecular complexity index is 604. The molecule has 2 rings (SSSR count). The summed E-state index contributed by atoms with van der Waals surface area (Å²) in [6.07, 6.45) is 0. The van der Waals surface area contributed by atoms with Crippen molar-refractivity contribution in [1.82, 2.24) is 0 Å². The van der Waals surface area contributed by atoms with Crippen LogP contribution in [0, 0.1) is 0 Å². The highest BCUT2D eigenvalue weighted by Gasteiger charge is 2.05. The molecule has 0 unspecified atom stereocenters. The van der Waals surface area contributed by atoms with Crippen LogP contribution in [0.15, 0.2) is 40.9 Å². The van der Waals surface area contributed by atoms with Gasteiger partial charge < -0.3 is 14.8 Å². The highest BCUT2D eigenvalue weighted by Crippen LogP contribution is 2.30. The molecule has 106 valence electrons. The lowest BCUT2D eigenvalue weighted by molar-refractivity contribution is 0.404. The van der Waals surface area contributed by atoms with Crippen molar-refractivity contribution in [2.45, 2.75) is 6.54 Å². The Hall–Kier alpha value is -1.39. The van der Waals surface area contributed by atoms with Gasteiger partial charge in [0.1, 0.15) is 11.5 Å². The van der Waals surface area contributed by atoms with Crippen LogP contribution < -0.4 is 14.8 Å². The van der Waals surface area contributed by atoms with Gasteiger partial charge >= 0.3 is 0 Å². The van der Waals surface area contributed by atoms with Crippen molar-refractivity contribution < 1.29 is 9.47 Å². The van der Waals surface area contributed by atoms with E-state index in [1.165, 1.54) is 0 Å². The minimum atomic E-state index is 0.666. The Kier molecular flexibility index (Phi) is 5.15. The van der Waals surface area contributed by atoms with Gasteiger partial charge in [-0.3, -0.25) is 0 Å². The van der Waals surface area contributed by atoms with E-state index in [0.29, 0.717) is 11.6 Å². The molecule has 0 bridgehead atoms. The van der Waals surface area contributed by atoms with Crippen molar-refractivity contribution in [2.75, 3.05) is 19.5 Å². The maximum atomic E-state index is 5.98. The molecule has 3 nitrogen and oxygen atoms in total. The second-order valence-electron chi connectivity index (χ2n) is 4.17. The van der Waals surface area contributed by atoms with Gasteiger partial charge in [-0.2, -0.15) is 0 Å². The monoisotopic (exact) mass is 355 g/mol. The lowest BCUT2D eigenvalue weighted by atomic mass is 10.2. The van der Waals surface area contributed by atoms with Crippen LogP contribution in [0.3, 0.4) is 0 Å². The molecule has 0 aliphatic heterocycles. The minimum absolute atomic E-state index is 0.666. The third kappa shape index (κ3) is 3.58. The average Bonchev–Trinajstić information content (AvgIpc) is 2.48. The Morgan fingerprint density at radius 2 is 1.90 bits per heavy atom. The summed E-state index contributed by atoms with van der Waals surface area (Å²) in [4.78, 5) is 0. The van der Waals surface area contributed by atoms with Crippen molar-refractivity contribution >= 4 is 33.2 Å². The van der Waals surface area contributed by atoms with Gasteiger partial charge in [-0.25, -0.2) is 0 Å². The quantitative estimate of drug-likeness (QED) is 0.840. The van der Waals surface area contributed by atoms with E-state index in [1.54, 1.807) is 14.2 Å². The normalized spacial score (nSPS) is 10.2. The molecule has 0 aliphatic carbocycles. The van der Waals surface area contributed by atoms with E-state index in [9.17, 15) is 0 Å². The molecule has 0 aliphatic rings. The standard InChI is InChI=1S/C15H15BrClNO2/c1-19-11-4-6-15(20-2)14(8-11)18-9-10-3-5-13(17)12(16)7-10/h3-8,18H,9H2,1-2H3. The summed E-state index contributed by atoms with van der Waals surface area (Å²) in [5.74, 6) is 1.56. The highest BCUT2D eigenvalue weighted by atomic mass is 79.9. The molecule has 0 aromatic heterocycles. The van der Waals surface area contributed by atoms with E-state index >= 15 is 0 Å². The van der Waals surface area contributed by atoms with Gasteiger partial charge in [0.25, 0.3) is 0 Å². The average molecular weight is 357 g/mol. The largest absolute Gasteiger partial charge is 0.497 e. The molecule has 1 N–H and O–H groups in total. The van der Waals surface area contributed by atoms with Crippen molar-refractivity contribution in [2.24, 2.45) is 0 Å². The van der Waals surface area contributed by atoms with Crippen LogP contribution in [0.2, 0.25) is 5.02 Å². The number of hydrogen-bond donors (Lipinski definition) is 1. The van der Waals surface area contributed by atoms with Crippen molar-refractivity contribution in [1.29, 1.82) is 0 Å². The Balaban J connectivity index is 2.15. The summed E-state index contributed by atoms with van der Waals surface area (Å²) in [6.45, 7) is 0.666. The molecule has 0 atom stereocenters. The second kappa shape index (κ2) is 6.86. The van der Waals surface area contributed by atoms with Gasteiger partial charge in [-0.15, -0.1) is 0 Å². The van der Waals surface area contributed by atoms with Gasteiger partial charge in [0.05, 0.1) is 24.9 Å². The molecule has 2 aromatic rings. The third-order valence-corrected chi connectivity index (χ3v) is 4.09. The molecule has 2 aromatic carbocycles. The summed E-state index contributed by atoms with van der Waals surface area (Å²) < 4.78 is 11.4. The zero-order valence-electron chi connectivity index (χ0n) is 11.2. The highest BCUT2D eigenvalue weighted by molar-refractivity contribution is 9.10. The first kappa shape index (κ1) is 15.0. The fourth-order valence-corrected chi connectivity index (χ4v) is 2.34. The molecule has 0 saturated carbocycles. The lowest BCUT2D eigenvalue weighted by Crippen LogP contribution is -2.02. The summed E-state index contributed by atoms with van der Waals surface area (Å²) in [5, 5.41) is 4.03. The molecule has 0 heterocycles. The van der Waals surface area contributed by atoms with Gasteiger partial charge in [0.2, 0.25) is 0 Å². The fourth-order valence-electron chi connectivity index (χ4n) is 1.80. The molecular formula is C15H15BrClNO2. The van der Waals surface area contributed by atoms with Crippen LogP contribution in [0.4, 0.5) is 5.69 Å². The SMILES string of the molecule is COc1ccc(OC)c(NCc2ccc(Cl)c(Br)c2)c1. The lowest BCUT2D eigenvalue weighted by Gasteiger charge is -2.13. The van der Waals surface area contributed by atoms with Crippen LogP contribution in [-0.4, -0.2) is 14.2 Å². The number of hydrogen-bond acceptors (Lipinski definition) is 3. The van der Waals surface area contributed by atoms with Crippen molar-refractivity contribution in [3.8, 4) is 11.5 Å². The number of methoxy groups -OCH3 is 2. The smallest absolute Gasteiger partial charge is 0.142 e. The maximum absolute atomic E-state index is 5.98. The second-order valence-corrected chi connectivity index (χ2v) is 5.43. The maximum Gasteiger partial charge on any atom is 0.142 e. The molecule has 0 spiro atoms. The molecule has 5 heteroatoms. The van der Waals surface area contributed by atoms with Gasteiger partial charge in [-0.1, -0.05) is 17.7 Å². The summed E-state index contributed by atoms with van der Waals surface area (Å²) in [5.41, 5.74) is 2.00. The minimum Gasteiger partial charge on any atom is -0.497 e. The zero-order chi connectivity index (χ0) is 14.5.